The van der Waals surface area contributed by atoms with Gasteiger partial charge in [0.1, 0.15) is 18.1 Å². The number of pyridine rings is 1. The minimum atomic E-state index is -0.438. The second-order valence-corrected chi connectivity index (χ2v) is 7.92. The Kier molecular flexibility index (Phi) is 6.63. The summed E-state index contributed by atoms with van der Waals surface area (Å²) in [5.74, 6) is -1.62. The van der Waals surface area contributed by atoms with Crippen LogP contribution in [0.3, 0.4) is 0 Å². The molecule has 1 aliphatic heterocycles. The first-order valence-electron chi connectivity index (χ1n) is 10.8. The quantitative estimate of drug-likeness (QED) is 0.440. The van der Waals surface area contributed by atoms with Gasteiger partial charge in [-0.25, -0.2) is 9.37 Å². The highest BCUT2D eigenvalue weighted by Crippen LogP contribution is 2.29. The van der Waals surface area contributed by atoms with Crippen LogP contribution in [-0.2, 0) is 32.1 Å². The SMILES string of the molecule is CCC(=O)C(=O)N1CC=C(c2c[nH]c3ncc(CC(=O)OCc4cccc(F)c4)cc23)CC1. The minimum Gasteiger partial charge on any atom is -0.461 e. The van der Waals surface area contributed by atoms with E-state index in [9.17, 15) is 18.8 Å². The number of Topliss-reactive ketones (excluding diaryl/α,β-unsaturated/α-hetero) is 1. The average molecular weight is 449 g/mol. The van der Waals surface area contributed by atoms with Gasteiger partial charge in [0.05, 0.1) is 6.42 Å². The number of esters is 1. The number of fused-ring (bicyclic) bond motifs is 1. The first-order chi connectivity index (χ1) is 15.9. The van der Waals surface area contributed by atoms with Crippen molar-refractivity contribution in [1.82, 2.24) is 14.9 Å². The molecule has 33 heavy (non-hydrogen) atoms. The van der Waals surface area contributed by atoms with E-state index >= 15 is 0 Å². The molecule has 2 aromatic heterocycles. The number of hydrogen-bond acceptors (Lipinski definition) is 5. The molecular formula is C25H24FN3O4. The van der Waals surface area contributed by atoms with E-state index < -0.39 is 11.9 Å². The third kappa shape index (κ3) is 5.16. The maximum atomic E-state index is 13.3. The van der Waals surface area contributed by atoms with Crippen molar-refractivity contribution in [2.45, 2.75) is 32.8 Å². The Balaban J connectivity index is 1.44. The normalized spacial score (nSPS) is 13.6. The van der Waals surface area contributed by atoms with Crippen molar-refractivity contribution >= 4 is 34.3 Å². The lowest BCUT2D eigenvalue weighted by atomic mass is 9.98. The van der Waals surface area contributed by atoms with Gasteiger partial charge in [-0.1, -0.05) is 25.1 Å². The molecule has 0 unspecified atom stereocenters. The zero-order valence-corrected chi connectivity index (χ0v) is 18.3. The van der Waals surface area contributed by atoms with Crippen LogP contribution in [-0.4, -0.2) is 45.6 Å². The number of carbonyl (C=O) groups excluding carboxylic acids is 3. The Morgan fingerprint density at radius 1 is 1.21 bits per heavy atom. The third-order valence-corrected chi connectivity index (χ3v) is 5.63. The molecule has 7 nitrogen and oxygen atoms in total. The topological polar surface area (TPSA) is 92.4 Å². The number of nitrogens with one attached hydrogen (secondary N) is 1. The number of carbonyl (C=O) groups is 3. The van der Waals surface area contributed by atoms with Crippen LogP contribution < -0.4 is 0 Å². The van der Waals surface area contributed by atoms with E-state index in [-0.39, 0.29) is 31.0 Å². The molecule has 0 atom stereocenters. The lowest BCUT2D eigenvalue weighted by Gasteiger charge is -2.25. The monoisotopic (exact) mass is 449 g/mol. The van der Waals surface area contributed by atoms with Crippen LogP contribution in [0, 0.1) is 5.82 Å². The number of ether oxygens (including phenoxy) is 1. The van der Waals surface area contributed by atoms with Crippen molar-refractivity contribution in [3.63, 3.8) is 0 Å². The molecule has 8 heteroatoms. The standard InChI is InChI=1S/C25H24FN3O4/c1-2-22(30)25(32)29-8-6-18(7-9-29)21-14-28-24-20(21)11-17(13-27-24)12-23(31)33-15-16-4-3-5-19(26)10-16/h3-6,10-11,13-14H,2,7-9,12,15H2,1H3,(H,27,28). The van der Waals surface area contributed by atoms with Crippen molar-refractivity contribution in [3.8, 4) is 0 Å². The lowest BCUT2D eigenvalue weighted by molar-refractivity contribution is -0.144. The number of nitrogens with zero attached hydrogens (tertiary/aromatic N) is 2. The molecule has 1 aromatic carbocycles. The summed E-state index contributed by atoms with van der Waals surface area (Å²) in [6.07, 6.45) is 6.31. The molecule has 0 radical (unpaired) electrons. The number of halogens is 1. The number of H-pyrrole nitrogens is 1. The molecule has 0 bridgehead atoms. The van der Waals surface area contributed by atoms with Gasteiger partial charge in [0.2, 0.25) is 5.78 Å². The predicted molar refractivity (Wildman–Crippen MR) is 120 cm³/mol. The molecule has 1 aliphatic rings. The van der Waals surface area contributed by atoms with Gasteiger partial charge < -0.3 is 14.6 Å². The Labute approximate surface area is 190 Å². The molecule has 3 heterocycles. The first kappa shape index (κ1) is 22.4. The average Bonchev–Trinajstić information content (AvgIpc) is 3.25. The molecule has 4 rings (SSSR count). The molecule has 1 amide bonds. The fourth-order valence-electron chi connectivity index (χ4n) is 3.84. The summed E-state index contributed by atoms with van der Waals surface area (Å²) in [6.45, 7) is 2.54. The van der Waals surface area contributed by atoms with E-state index in [2.05, 4.69) is 9.97 Å². The summed E-state index contributed by atoms with van der Waals surface area (Å²) < 4.78 is 18.5. The van der Waals surface area contributed by atoms with Crippen LogP contribution in [0.5, 0.6) is 0 Å². The molecule has 0 saturated carbocycles. The van der Waals surface area contributed by atoms with Crippen LogP contribution in [0.1, 0.15) is 36.5 Å². The summed E-state index contributed by atoms with van der Waals surface area (Å²) in [4.78, 5) is 45.2. The highest BCUT2D eigenvalue weighted by Gasteiger charge is 2.23. The fraction of sp³-hybridized carbons (Fsp3) is 0.280. The molecule has 0 fully saturated rings. The van der Waals surface area contributed by atoms with Gasteiger partial charge in [-0.05, 0) is 41.3 Å². The number of hydrogen-bond donors (Lipinski definition) is 1. The lowest BCUT2D eigenvalue weighted by Crippen LogP contribution is -2.39. The Morgan fingerprint density at radius 3 is 2.79 bits per heavy atom. The fourth-order valence-corrected chi connectivity index (χ4v) is 3.84. The summed E-state index contributed by atoms with van der Waals surface area (Å²) in [5.41, 5.74) is 4.00. The van der Waals surface area contributed by atoms with Gasteiger partial charge in [0.15, 0.2) is 0 Å². The van der Waals surface area contributed by atoms with Gasteiger partial charge in [0.25, 0.3) is 5.91 Å². The predicted octanol–water partition coefficient (Wildman–Crippen LogP) is 3.58. The maximum absolute atomic E-state index is 13.3. The Hall–Kier alpha value is -3.81. The van der Waals surface area contributed by atoms with Gasteiger partial charge in [0, 0.05) is 42.9 Å². The van der Waals surface area contributed by atoms with Crippen LogP contribution in [0.2, 0.25) is 0 Å². The van der Waals surface area contributed by atoms with Crippen LogP contribution >= 0.6 is 0 Å². The van der Waals surface area contributed by atoms with Crippen molar-refractivity contribution in [2.24, 2.45) is 0 Å². The van der Waals surface area contributed by atoms with Crippen LogP contribution in [0.25, 0.3) is 16.6 Å². The Morgan fingerprint density at radius 2 is 2.06 bits per heavy atom. The van der Waals surface area contributed by atoms with E-state index in [1.54, 1.807) is 30.2 Å². The highest BCUT2D eigenvalue weighted by molar-refractivity contribution is 6.36. The van der Waals surface area contributed by atoms with Gasteiger partial charge in [-0.2, -0.15) is 0 Å². The smallest absolute Gasteiger partial charge is 0.310 e. The summed E-state index contributed by atoms with van der Waals surface area (Å²) in [6, 6.07) is 7.83. The molecular weight excluding hydrogens is 425 g/mol. The minimum absolute atomic E-state index is 0.00428. The Bertz CT molecular complexity index is 1250. The van der Waals surface area contributed by atoms with Crippen LogP contribution in [0.15, 0.2) is 48.8 Å². The molecule has 0 spiro atoms. The summed E-state index contributed by atoms with van der Waals surface area (Å²) in [5, 5.41) is 0.876. The zero-order valence-electron chi connectivity index (χ0n) is 18.3. The molecule has 0 saturated heterocycles. The van der Waals surface area contributed by atoms with Crippen molar-refractivity contribution in [3.05, 3.63) is 71.3 Å². The second-order valence-electron chi connectivity index (χ2n) is 7.92. The number of aromatic amines is 1. The van der Waals surface area contributed by atoms with E-state index in [0.717, 1.165) is 16.5 Å². The largest absolute Gasteiger partial charge is 0.461 e. The third-order valence-electron chi connectivity index (χ3n) is 5.63. The van der Waals surface area contributed by atoms with Crippen molar-refractivity contribution in [2.75, 3.05) is 13.1 Å². The molecule has 1 N–H and O–H groups in total. The highest BCUT2D eigenvalue weighted by atomic mass is 19.1. The van der Waals surface area contributed by atoms with Gasteiger partial charge in [-0.15, -0.1) is 0 Å². The second kappa shape index (κ2) is 9.77. The zero-order chi connectivity index (χ0) is 23.4. The number of amides is 1. The van der Waals surface area contributed by atoms with Crippen molar-refractivity contribution in [1.29, 1.82) is 0 Å². The van der Waals surface area contributed by atoms with Crippen molar-refractivity contribution < 1.29 is 23.5 Å². The number of ketones is 1. The van der Waals surface area contributed by atoms with E-state index in [4.69, 9.17) is 4.74 Å². The molecule has 3 aromatic rings. The van der Waals surface area contributed by atoms with E-state index in [1.165, 1.54) is 12.1 Å². The summed E-state index contributed by atoms with van der Waals surface area (Å²) in [7, 11) is 0. The van der Waals surface area contributed by atoms with E-state index in [0.29, 0.717) is 36.3 Å². The van der Waals surface area contributed by atoms with Gasteiger partial charge >= 0.3 is 5.97 Å². The first-order valence-corrected chi connectivity index (χ1v) is 10.8. The summed E-state index contributed by atoms with van der Waals surface area (Å²) >= 11 is 0. The van der Waals surface area contributed by atoms with Crippen LogP contribution in [0.4, 0.5) is 4.39 Å². The number of rotatable bonds is 7. The molecule has 0 aliphatic carbocycles. The molecule has 170 valence electrons. The number of benzene rings is 1. The van der Waals surface area contributed by atoms with Gasteiger partial charge in [-0.3, -0.25) is 14.4 Å². The number of aromatic nitrogens is 2. The maximum Gasteiger partial charge on any atom is 0.310 e. The van der Waals surface area contributed by atoms with E-state index in [1.807, 2.05) is 18.3 Å².